The molecule has 0 aromatic carbocycles. The van der Waals surface area contributed by atoms with Gasteiger partial charge in [0.15, 0.2) is 0 Å². The lowest BCUT2D eigenvalue weighted by atomic mass is 10.0. The van der Waals surface area contributed by atoms with E-state index in [1.807, 2.05) is 0 Å². The van der Waals surface area contributed by atoms with Gasteiger partial charge in [-0.3, -0.25) is 0 Å². The minimum Gasteiger partial charge on any atom is -0.0628 e. The van der Waals surface area contributed by atoms with E-state index in [0.717, 1.165) is 82.9 Å². The molecule has 0 N–H and O–H groups in total. The Kier molecular flexibility index (Phi) is 8.09. The fourth-order valence-electron chi connectivity index (χ4n) is 7.76. The summed E-state index contributed by atoms with van der Waals surface area (Å²) in [5, 5.41) is 0. The van der Waals surface area contributed by atoms with Crippen molar-refractivity contribution in [2.24, 2.45) is 82.9 Å². The molecule has 0 heteroatoms. The third kappa shape index (κ3) is 7.50. The second-order valence-corrected chi connectivity index (χ2v) is 15.0. The van der Waals surface area contributed by atoms with Crippen LogP contribution in [-0.4, -0.2) is 0 Å². The monoisotopic (exact) mass is 442 g/mol. The molecule has 5 rings (SSSR count). The standard InChI is InChI=1S/C18H32.C14H26/c1-11(2)5-13-6-14(13)7-15-8-16(15)9-17-10-18(17)12(3)4;1-9(2)5-11-6-12(11)7-13-8-14(13)10(3)4/h11-18H,5-10H2,1-4H3;9-14H,5-8H2,1-4H3. The molecule has 0 heterocycles. The highest BCUT2D eigenvalue weighted by Gasteiger charge is 2.49. The van der Waals surface area contributed by atoms with Gasteiger partial charge in [0.2, 0.25) is 0 Å². The third-order valence-corrected chi connectivity index (χ3v) is 10.2. The van der Waals surface area contributed by atoms with E-state index < -0.39 is 0 Å². The lowest BCUT2D eigenvalue weighted by molar-refractivity contribution is 0.457. The fraction of sp³-hybridized carbons (Fsp3) is 1.00. The van der Waals surface area contributed by atoms with Gasteiger partial charge in [-0.2, -0.15) is 0 Å². The SMILES string of the molecule is CC(C)CC1CC1CC1CC1C(C)C.CC(C)CC1CC1CC1CC1CC1CC1C(C)C. The summed E-state index contributed by atoms with van der Waals surface area (Å²) in [7, 11) is 0. The summed E-state index contributed by atoms with van der Waals surface area (Å²) in [5.41, 5.74) is 0. The van der Waals surface area contributed by atoms with Gasteiger partial charge in [0, 0.05) is 0 Å². The number of hydrogen-bond donors (Lipinski definition) is 0. The topological polar surface area (TPSA) is 0 Å². The van der Waals surface area contributed by atoms with Crippen molar-refractivity contribution in [1.29, 1.82) is 0 Å². The summed E-state index contributed by atoms with van der Waals surface area (Å²) in [4.78, 5) is 0. The molecule has 5 aliphatic rings. The molecule has 32 heavy (non-hydrogen) atoms. The summed E-state index contributed by atoms with van der Waals surface area (Å²) in [5.74, 6) is 15.0. The molecule has 0 spiro atoms. The van der Waals surface area contributed by atoms with Crippen LogP contribution < -0.4 is 0 Å². The maximum Gasteiger partial charge on any atom is -0.0360 e. The van der Waals surface area contributed by atoms with Crippen molar-refractivity contribution in [3.05, 3.63) is 0 Å². The quantitative estimate of drug-likeness (QED) is 0.282. The summed E-state index contributed by atoms with van der Waals surface area (Å²) in [6.07, 6.45) is 15.6. The van der Waals surface area contributed by atoms with Crippen LogP contribution >= 0.6 is 0 Å². The molecule has 0 nitrogen and oxygen atoms in total. The molecule has 5 fully saturated rings. The lowest BCUT2D eigenvalue weighted by Crippen LogP contribution is -1.95. The predicted octanol–water partition coefficient (Wildman–Crippen LogP) is 9.73. The maximum atomic E-state index is 2.41. The fourth-order valence-corrected chi connectivity index (χ4v) is 7.76. The molecule has 0 aromatic heterocycles. The van der Waals surface area contributed by atoms with Crippen LogP contribution in [0.2, 0.25) is 0 Å². The molecular formula is C32H58. The van der Waals surface area contributed by atoms with E-state index in [2.05, 4.69) is 55.4 Å². The molecule has 0 saturated heterocycles. The average molecular weight is 443 g/mol. The Labute approximate surface area is 202 Å². The Balaban J connectivity index is 0.000000158. The Morgan fingerprint density at radius 2 is 0.719 bits per heavy atom. The highest BCUT2D eigenvalue weighted by atomic mass is 14.5. The second-order valence-electron chi connectivity index (χ2n) is 15.0. The second kappa shape index (κ2) is 10.3. The molecule has 0 aromatic rings. The molecule has 0 bridgehead atoms. The van der Waals surface area contributed by atoms with Crippen molar-refractivity contribution in [2.75, 3.05) is 0 Å². The van der Waals surface area contributed by atoms with Gasteiger partial charge in [-0.15, -0.1) is 0 Å². The van der Waals surface area contributed by atoms with Crippen LogP contribution in [0.5, 0.6) is 0 Å². The van der Waals surface area contributed by atoms with Crippen LogP contribution in [0.3, 0.4) is 0 Å². The van der Waals surface area contributed by atoms with Gasteiger partial charge in [-0.25, -0.2) is 0 Å². The van der Waals surface area contributed by atoms with Gasteiger partial charge in [-0.05, 0) is 147 Å². The van der Waals surface area contributed by atoms with Crippen LogP contribution in [0.4, 0.5) is 0 Å². The zero-order chi connectivity index (χ0) is 23.2. The van der Waals surface area contributed by atoms with Crippen molar-refractivity contribution < 1.29 is 0 Å². The molecular weight excluding hydrogens is 384 g/mol. The van der Waals surface area contributed by atoms with Crippen LogP contribution in [-0.2, 0) is 0 Å². The molecule has 5 saturated carbocycles. The van der Waals surface area contributed by atoms with Gasteiger partial charge >= 0.3 is 0 Å². The zero-order valence-corrected chi connectivity index (χ0v) is 23.2. The summed E-state index contributed by atoms with van der Waals surface area (Å²) in [6, 6.07) is 0. The minimum atomic E-state index is 0.921. The van der Waals surface area contributed by atoms with Gasteiger partial charge in [-0.1, -0.05) is 55.4 Å². The molecule has 0 radical (unpaired) electrons. The van der Waals surface area contributed by atoms with Crippen molar-refractivity contribution in [3.63, 3.8) is 0 Å². The largest absolute Gasteiger partial charge is 0.0628 e. The first-order chi connectivity index (χ1) is 15.1. The van der Waals surface area contributed by atoms with Crippen molar-refractivity contribution in [3.8, 4) is 0 Å². The first-order valence-electron chi connectivity index (χ1n) is 15.1. The van der Waals surface area contributed by atoms with Crippen LogP contribution in [0.1, 0.15) is 120 Å². The van der Waals surface area contributed by atoms with E-state index in [-0.39, 0.29) is 0 Å². The van der Waals surface area contributed by atoms with Gasteiger partial charge < -0.3 is 0 Å². The number of hydrogen-bond acceptors (Lipinski definition) is 0. The summed E-state index contributed by atoms with van der Waals surface area (Å²) in [6.45, 7) is 19.1. The first-order valence-corrected chi connectivity index (χ1v) is 15.1. The Bertz CT molecular complexity index is 585. The predicted molar refractivity (Wildman–Crippen MR) is 140 cm³/mol. The van der Waals surface area contributed by atoms with Gasteiger partial charge in [0.05, 0.1) is 0 Å². The highest BCUT2D eigenvalue weighted by molar-refractivity contribution is 4.99. The van der Waals surface area contributed by atoms with Crippen molar-refractivity contribution >= 4 is 0 Å². The molecule has 186 valence electrons. The summed E-state index contributed by atoms with van der Waals surface area (Å²) < 4.78 is 0. The minimum absolute atomic E-state index is 0.921. The van der Waals surface area contributed by atoms with Crippen molar-refractivity contribution in [1.82, 2.24) is 0 Å². The Morgan fingerprint density at radius 3 is 1.03 bits per heavy atom. The van der Waals surface area contributed by atoms with E-state index in [4.69, 9.17) is 0 Å². The lowest BCUT2D eigenvalue weighted by Gasteiger charge is -2.04. The molecule has 10 unspecified atom stereocenters. The summed E-state index contributed by atoms with van der Waals surface area (Å²) >= 11 is 0. The van der Waals surface area contributed by atoms with Crippen LogP contribution in [0.15, 0.2) is 0 Å². The van der Waals surface area contributed by atoms with E-state index in [9.17, 15) is 0 Å². The van der Waals surface area contributed by atoms with Gasteiger partial charge in [0.25, 0.3) is 0 Å². The maximum absolute atomic E-state index is 2.41. The van der Waals surface area contributed by atoms with Crippen molar-refractivity contribution in [2.45, 2.75) is 120 Å². The average Bonchev–Trinajstić information content (AvgIpc) is 3.47. The molecule has 10 atom stereocenters. The smallest absolute Gasteiger partial charge is 0.0360 e. The third-order valence-electron chi connectivity index (χ3n) is 10.2. The van der Waals surface area contributed by atoms with E-state index in [0.29, 0.717) is 0 Å². The Morgan fingerprint density at radius 1 is 0.406 bits per heavy atom. The normalized spacial score (nSPS) is 43.5. The molecule has 0 amide bonds. The zero-order valence-electron chi connectivity index (χ0n) is 23.2. The van der Waals surface area contributed by atoms with Crippen LogP contribution in [0.25, 0.3) is 0 Å². The van der Waals surface area contributed by atoms with E-state index in [1.54, 1.807) is 51.4 Å². The van der Waals surface area contributed by atoms with E-state index >= 15 is 0 Å². The number of rotatable bonds is 12. The highest BCUT2D eigenvalue weighted by Crippen LogP contribution is 2.59. The molecule has 0 aliphatic heterocycles. The van der Waals surface area contributed by atoms with E-state index in [1.165, 1.54) is 12.8 Å². The molecule has 5 aliphatic carbocycles. The van der Waals surface area contributed by atoms with Crippen LogP contribution in [0, 0.1) is 82.9 Å². The first kappa shape index (κ1) is 25.1. The Hall–Kier alpha value is 0. The van der Waals surface area contributed by atoms with Gasteiger partial charge in [0.1, 0.15) is 0 Å².